The van der Waals surface area contributed by atoms with Crippen LogP contribution in [0, 0.1) is 0 Å². The fourth-order valence-electron chi connectivity index (χ4n) is 3.67. The maximum absolute atomic E-state index is 6.81. The van der Waals surface area contributed by atoms with Gasteiger partial charge in [0.05, 0.1) is 20.1 Å². The Kier molecular flexibility index (Phi) is 6.21. The third-order valence-corrected chi connectivity index (χ3v) is 11.2. The third-order valence-electron chi connectivity index (χ3n) is 4.86. The highest BCUT2D eigenvalue weighted by Crippen LogP contribution is 2.59. The van der Waals surface area contributed by atoms with Gasteiger partial charge >= 0.3 is 0 Å². The van der Waals surface area contributed by atoms with E-state index in [0.29, 0.717) is 20.1 Å². The predicted molar refractivity (Wildman–Crippen MR) is 131 cm³/mol. The van der Waals surface area contributed by atoms with E-state index in [4.69, 9.17) is 46.4 Å². The van der Waals surface area contributed by atoms with Crippen LogP contribution in [0.5, 0.6) is 0 Å². The molecule has 0 nitrogen and oxygen atoms in total. The van der Waals surface area contributed by atoms with Crippen molar-refractivity contribution in [3.8, 4) is 0 Å². The summed E-state index contributed by atoms with van der Waals surface area (Å²) in [6.45, 7) is 0. The summed E-state index contributed by atoms with van der Waals surface area (Å²) >= 11 is 27.3. The van der Waals surface area contributed by atoms with Crippen LogP contribution in [-0.2, 0) is 0 Å². The second-order valence-electron chi connectivity index (χ2n) is 6.48. The second-order valence-corrected chi connectivity index (χ2v) is 11.4. The van der Waals surface area contributed by atoms with Crippen molar-refractivity contribution >= 4 is 74.9 Å². The van der Waals surface area contributed by atoms with E-state index >= 15 is 0 Å². The Morgan fingerprint density at radius 3 is 0.759 bits per heavy atom. The minimum atomic E-state index is -2.58. The van der Waals surface area contributed by atoms with Crippen molar-refractivity contribution in [3.63, 3.8) is 0 Å². The highest BCUT2D eigenvalue weighted by Gasteiger charge is 2.52. The number of hydrogen-bond donors (Lipinski definition) is 0. The first-order valence-corrected chi connectivity index (χ1v) is 12.3. The van der Waals surface area contributed by atoms with Gasteiger partial charge in [0.25, 0.3) is 0 Å². The molecule has 0 atom stereocenters. The zero-order valence-electron chi connectivity index (χ0n) is 15.2. The van der Waals surface area contributed by atoms with E-state index in [2.05, 4.69) is 0 Å². The maximum atomic E-state index is 6.81. The summed E-state index contributed by atoms with van der Waals surface area (Å²) < 4.78 is 0. The van der Waals surface area contributed by atoms with Crippen molar-refractivity contribution in [1.82, 2.24) is 0 Å². The first-order chi connectivity index (χ1) is 14.1. The average molecular weight is 477 g/mol. The lowest BCUT2D eigenvalue weighted by Crippen LogP contribution is -2.40. The van der Waals surface area contributed by atoms with Crippen molar-refractivity contribution in [2.75, 3.05) is 0 Å². The molecule has 0 aliphatic carbocycles. The third kappa shape index (κ3) is 3.59. The summed E-state index contributed by atoms with van der Waals surface area (Å²) in [6.07, 6.45) is 0. The van der Waals surface area contributed by atoms with Crippen molar-refractivity contribution in [1.29, 1.82) is 0 Å². The molecular weight excluding hydrogens is 461 g/mol. The van der Waals surface area contributed by atoms with Gasteiger partial charge in [-0.25, -0.2) is 0 Å². The molecule has 0 aromatic heterocycles. The molecule has 0 aliphatic heterocycles. The predicted octanol–water partition coefficient (Wildman–Crippen LogP) is 6.92. The normalized spacial score (nSPS) is 11.4. The molecule has 0 spiro atoms. The molecule has 0 saturated carbocycles. The van der Waals surface area contributed by atoms with E-state index in [0.717, 1.165) is 21.2 Å². The monoisotopic (exact) mass is 475 g/mol. The van der Waals surface area contributed by atoms with Crippen LogP contribution >= 0.6 is 53.7 Å². The van der Waals surface area contributed by atoms with Crippen LogP contribution < -0.4 is 21.2 Å². The summed E-state index contributed by atoms with van der Waals surface area (Å²) in [5, 5.41) is 6.49. The molecule has 0 unspecified atom stereocenters. The minimum absolute atomic E-state index is 0.653. The molecule has 0 N–H and O–H groups in total. The van der Waals surface area contributed by atoms with Crippen molar-refractivity contribution in [2.45, 2.75) is 0 Å². The topological polar surface area (TPSA) is 0 Å². The smallest absolute Gasteiger partial charge is 0.0800 e. The van der Waals surface area contributed by atoms with Gasteiger partial charge in [0.1, 0.15) is 21.2 Å². The van der Waals surface area contributed by atoms with E-state index < -0.39 is 7.26 Å². The fraction of sp³-hybridized carbons (Fsp3) is 0. The Labute approximate surface area is 191 Å². The molecule has 4 aromatic carbocycles. The Morgan fingerprint density at radius 1 is 0.345 bits per heavy atom. The van der Waals surface area contributed by atoms with Crippen LogP contribution in [0.4, 0.5) is 0 Å². The molecule has 0 amide bonds. The number of hydrogen-bond acceptors (Lipinski definition) is 0. The fourth-order valence-corrected chi connectivity index (χ4v) is 10.1. The highest BCUT2D eigenvalue weighted by atomic mass is 35.5. The number of halogens is 4. The largest absolute Gasteiger partial charge is 0.150 e. The second kappa shape index (κ2) is 8.68. The van der Waals surface area contributed by atoms with Crippen molar-refractivity contribution < 1.29 is 0 Å². The van der Waals surface area contributed by atoms with Gasteiger partial charge in [-0.15, -0.1) is 0 Å². The van der Waals surface area contributed by atoms with E-state index in [1.807, 2.05) is 97.1 Å². The minimum Gasteiger partial charge on any atom is -0.0800 e. The van der Waals surface area contributed by atoms with Gasteiger partial charge in [-0.05, 0) is 48.5 Å². The summed E-state index contributed by atoms with van der Waals surface area (Å²) in [5.41, 5.74) is 0. The van der Waals surface area contributed by atoms with Gasteiger partial charge in [-0.1, -0.05) is 94.9 Å². The van der Waals surface area contributed by atoms with Gasteiger partial charge in [-0.2, -0.15) is 0 Å². The summed E-state index contributed by atoms with van der Waals surface area (Å²) in [4.78, 5) is 0. The lowest BCUT2D eigenvalue weighted by molar-refractivity contribution is 1.70. The Morgan fingerprint density at radius 2 is 0.552 bits per heavy atom. The van der Waals surface area contributed by atoms with Gasteiger partial charge in [0, 0.05) is 0 Å². The highest BCUT2D eigenvalue weighted by molar-refractivity contribution is 8.02. The molecule has 0 aliphatic rings. The SMILES string of the molecule is Clc1ccccc1[P+](c1ccccc1Cl)(c1ccccc1Cl)c1ccccc1Cl. The maximum Gasteiger partial charge on any atom is 0.150 e. The number of rotatable bonds is 4. The van der Waals surface area contributed by atoms with E-state index in [1.54, 1.807) is 0 Å². The Balaban J connectivity index is 2.28. The summed E-state index contributed by atoms with van der Waals surface area (Å²) in [6, 6.07) is 31.4. The lowest BCUT2D eigenvalue weighted by Gasteiger charge is -2.30. The van der Waals surface area contributed by atoms with Gasteiger partial charge in [0.15, 0.2) is 7.26 Å². The van der Waals surface area contributed by atoms with Crippen molar-refractivity contribution in [3.05, 3.63) is 117 Å². The molecule has 0 radical (unpaired) electrons. The van der Waals surface area contributed by atoms with Crippen LogP contribution in [0.1, 0.15) is 0 Å². The van der Waals surface area contributed by atoms with Crippen LogP contribution in [0.3, 0.4) is 0 Å². The van der Waals surface area contributed by atoms with Crippen LogP contribution in [0.2, 0.25) is 20.1 Å². The molecule has 0 saturated heterocycles. The van der Waals surface area contributed by atoms with E-state index in [-0.39, 0.29) is 0 Å². The van der Waals surface area contributed by atoms with Crippen LogP contribution in [0.15, 0.2) is 97.1 Å². The molecule has 29 heavy (non-hydrogen) atoms. The lowest BCUT2D eigenvalue weighted by atomic mass is 10.3. The van der Waals surface area contributed by atoms with Crippen LogP contribution in [-0.4, -0.2) is 0 Å². The Hall–Kier alpha value is -1.53. The molecule has 144 valence electrons. The molecule has 0 heterocycles. The quantitative estimate of drug-likeness (QED) is 0.280. The standard InChI is InChI=1S/C24H16Cl4P/c25-17-9-1-5-13-21(17)29(22-14-6-2-10-18(22)26,23-15-7-3-11-19(23)27)24-16-8-4-12-20(24)28/h1-16H/q+1. The average Bonchev–Trinajstić information content (AvgIpc) is 2.73. The van der Waals surface area contributed by atoms with E-state index in [9.17, 15) is 0 Å². The Bertz CT molecular complexity index is 985. The molecule has 0 fully saturated rings. The zero-order chi connectivity index (χ0) is 20.4. The molecule has 4 aromatic rings. The number of benzene rings is 4. The van der Waals surface area contributed by atoms with Crippen molar-refractivity contribution in [2.24, 2.45) is 0 Å². The van der Waals surface area contributed by atoms with E-state index in [1.165, 1.54) is 0 Å². The van der Waals surface area contributed by atoms with Gasteiger partial charge < -0.3 is 0 Å². The molecule has 4 rings (SSSR count). The summed E-state index contributed by atoms with van der Waals surface area (Å²) in [5.74, 6) is 0. The molecule has 0 bridgehead atoms. The first kappa shape index (κ1) is 20.7. The van der Waals surface area contributed by atoms with Crippen LogP contribution in [0.25, 0.3) is 0 Å². The van der Waals surface area contributed by atoms with Gasteiger partial charge in [0.2, 0.25) is 0 Å². The summed E-state index contributed by atoms with van der Waals surface area (Å²) in [7, 11) is -2.58. The molecule has 5 heteroatoms. The van der Waals surface area contributed by atoms with Gasteiger partial charge in [-0.3, -0.25) is 0 Å². The zero-order valence-corrected chi connectivity index (χ0v) is 19.1. The molecular formula is C24H16Cl4P+. The first-order valence-electron chi connectivity index (χ1n) is 8.96.